The van der Waals surface area contributed by atoms with Crippen molar-refractivity contribution in [2.24, 2.45) is 0 Å². The Hall–Kier alpha value is -0.720. The quantitative estimate of drug-likeness (QED) is 0.432. The van der Waals surface area contributed by atoms with Crippen LogP contribution in [0.3, 0.4) is 0 Å². The molecule has 0 aromatic rings. The summed E-state index contributed by atoms with van der Waals surface area (Å²) in [7, 11) is 1.70. The Balaban J connectivity index is 4.21. The lowest BCUT2D eigenvalue weighted by atomic mass is 10.2. The van der Waals surface area contributed by atoms with Crippen molar-refractivity contribution in [2.45, 2.75) is 27.2 Å². The van der Waals surface area contributed by atoms with E-state index >= 15 is 0 Å². The Morgan fingerprint density at radius 3 is 2.40 bits per heavy atom. The van der Waals surface area contributed by atoms with Crippen LogP contribution in [0, 0.1) is 0 Å². The predicted octanol–water partition coefficient (Wildman–Crippen LogP) is 2.89. The van der Waals surface area contributed by atoms with E-state index in [1.165, 1.54) is 5.57 Å². The second-order valence-corrected chi connectivity index (χ2v) is 2.15. The zero-order valence-electron chi connectivity index (χ0n) is 7.27. The lowest BCUT2D eigenvalue weighted by molar-refractivity contribution is 0.299. The second-order valence-electron chi connectivity index (χ2n) is 2.15. The van der Waals surface area contributed by atoms with Gasteiger partial charge in [-0.2, -0.15) is 0 Å². The fraction of sp³-hybridized carbons (Fsp3) is 0.556. The number of methoxy groups -OCH3 is 1. The minimum Gasteiger partial charge on any atom is -0.497 e. The normalized spacial score (nSPS) is 13.6. The van der Waals surface area contributed by atoms with E-state index in [0.717, 1.165) is 12.2 Å². The number of rotatable bonds is 3. The molecule has 0 saturated heterocycles. The van der Waals surface area contributed by atoms with Gasteiger partial charge in [0.05, 0.1) is 7.11 Å². The Morgan fingerprint density at radius 2 is 2.10 bits per heavy atom. The van der Waals surface area contributed by atoms with Crippen LogP contribution in [-0.2, 0) is 4.74 Å². The van der Waals surface area contributed by atoms with E-state index in [4.69, 9.17) is 4.74 Å². The molecule has 0 radical (unpaired) electrons. The van der Waals surface area contributed by atoms with Gasteiger partial charge >= 0.3 is 0 Å². The van der Waals surface area contributed by atoms with Gasteiger partial charge in [-0.05, 0) is 31.9 Å². The van der Waals surface area contributed by atoms with Gasteiger partial charge in [-0.15, -0.1) is 0 Å². The van der Waals surface area contributed by atoms with Crippen LogP contribution in [0.5, 0.6) is 0 Å². The summed E-state index contributed by atoms with van der Waals surface area (Å²) < 4.78 is 5.14. The SMILES string of the molecule is C/C=C(C)\C(=C/CC)OC. The molecule has 0 aliphatic heterocycles. The Kier molecular flexibility index (Phi) is 4.73. The van der Waals surface area contributed by atoms with Crippen LogP contribution in [0.4, 0.5) is 0 Å². The molecule has 0 aromatic carbocycles. The van der Waals surface area contributed by atoms with Crippen LogP contribution in [0.2, 0.25) is 0 Å². The highest BCUT2D eigenvalue weighted by molar-refractivity contribution is 5.22. The summed E-state index contributed by atoms with van der Waals surface area (Å²) in [4.78, 5) is 0. The van der Waals surface area contributed by atoms with Crippen molar-refractivity contribution in [3.05, 3.63) is 23.5 Å². The maximum absolute atomic E-state index is 5.14. The van der Waals surface area contributed by atoms with Gasteiger partial charge in [-0.3, -0.25) is 0 Å². The van der Waals surface area contributed by atoms with Crippen molar-refractivity contribution in [1.82, 2.24) is 0 Å². The van der Waals surface area contributed by atoms with E-state index in [0.29, 0.717) is 0 Å². The van der Waals surface area contributed by atoms with Gasteiger partial charge in [0.1, 0.15) is 5.76 Å². The molecule has 0 aliphatic carbocycles. The Labute approximate surface area is 63.4 Å². The summed E-state index contributed by atoms with van der Waals surface area (Å²) in [5, 5.41) is 0. The standard InChI is InChI=1S/C9H16O/c1-5-7-9(10-4)8(3)6-2/h6-7H,5H2,1-4H3/b8-6-,9-7+. The first kappa shape index (κ1) is 9.28. The third-order valence-electron chi connectivity index (χ3n) is 1.43. The van der Waals surface area contributed by atoms with Gasteiger partial charge in [-0.25, -0.2) is 0 Å². The van der Waals surface area contributed by atoms with Crippen LogP contribution >= 0.6 is 0 Å². The van der Waals surface area contributed by atoms with Crippen LogP contribution in [0.25, 0.3) is 0 Å². The lowest BCUT2D eigenvalue weighted by Crippen LogP contribution is -1.87. The number of allylic oxidation sites excluding steroid dienone is 3. The molecule has 0 heterocycles. The monoisotopic (exact) mass is 140 g/mol. The average molecular weight is 140 g/mol. The van der Waals surface area contributed by atoms with Crippen molar-refractivity contribution >= 4 is 0 Å². The third-order valence-corrected chi connectivity index (χ3v) is 1.43. The fourth-order valence-electron chi connectivity index (χ4n) is 0.733. The first-order chi connectivity index (χ1) is 4.76. The van der Waals surface area contributed by atoms with E-state index in [1.807, 2.05) is 19.9 Å². The molecule has 0 aliphatic rings. The molecule has 0 aromatic heterocycles. The first-order valence-electron chi connectivity index (χ1n) is 3.63. The highest BCUT2D eigenvalue weighted by Gasteiger charge is 1.94. The molecule has 0 unspecified atom stereocenters. The third kappa shape index (κ3) is 2.72. The van der Waals surface area contributed by atoms with Crippen molar-refractivity contribution in [1.29, 1.82) is 0 Å². The molecule has 0 N–H and O–H groups in total. The second kappa shape index (κ2) is 5.10. The van der Waals surface area contributed by atoms with Gasteiger partial charge in [0.25, 0.3) is 0 Å². The summed E-state index contributed by atoms with van der Waals surface area (Å²) >= 11 is 0. The molecule has 1 nitrogen and oxygen atoms in total. The topological polar surface area (TPSA) is 9.23 Å². The molecule has 0 fully saturated rings. The van der Waals surface area contributed by atoms with Gasteiger partial charge in [0.2, 0.25) is 0 Å². The molecular formula is C9H16O. The molecule has 1 heteroatoms. The summed E-state index contributed by atoms with van der Waals surface area (Å²) in [6.07, 6.45) is 5.15. The fourth-order valence-corrected chi connectivity index (χ4v) is 0.733. The van der Waals surface area contributed by atoms with Crippen LogP contribution in [-0.4, -0.2) is 7.11 Å². The first-order valence-corrected chi connectivity index (χ1v) is 3.63. The van der Waals surface area contributed by atoms with Gasteiger partial charge in [-0.1, -0.05) is 13.0 Å². The van der Waals surface area contributed by atoms with Crippen LogP contribution in [0.15, 0.2) is 23.5 Å². The van der Waals surface area contributed by atoms with Crippen molar-refractivity contribution in [3.63, 3.8) is 0 Å². The maximum Gasteiger partial charge on any atom is 0.117 e. The molecule has 0 bridgehead atoms. The molecule has 0 saturated carbocycles. The predicted molar refractivity (Wildman–Crippen MR) is 44.8 cm³/mol. The lowest BCUT2D eigenvalue weighted by Gasteiger charge is -2.04. The molecule has 0 amide bonds. The van der Waals surface area contributed by atoms with E-state index in [-0.39, 0.29) is 0 Å². The van der Waals surface area contributed by atoms with E-state index in [1.54, 1.807) is 7.11 Å². The highest BCUT2D eigenvalue weighted by atomic mass is 16.5. The van der Waals surface area contributed by atoms with E-state index in [2.05, 4.69) is 13.0 Å². The van der Waals surface area contributed by atoms with Crippen LogP contribution < -0.4 is 0 Å². The summed E-state index contributed by atoms with van der Waals surface area (Å²) in [5.74, 6) is 0.991. The molecule has 58 valence electrons. The van der Waals surface area contributed by atoms with E-state index < -0.39 is 0 Å². The Bertz CT molecular complexity index is 143. The van der Waals surface area contributed by atoms with Crippen LogP contribution in [0.1, 0.15) is 27.2 Å². The highest BCUT2D eigenvalue weighted by Crippen LogP contribution is 2.09. The smallest absolute Gasteiger partial charge is 0.117 e. The summed E-state index contributed by atoms with van der Waals surface area (Å²) in [6, 6.07) is 0. The van der Waals surface area contributed by atoms with Gasteiger partial charge in [0.15, 0.2) is 0 Å². The Morgan fingerprint density at radius 1 is 1.50 bits per heavy atom. The molecule has 0 spiro atoms. The van der Waals surface area contributed by atoms with Crippen molar-refractivity contribution in [3.8, 4) is 0 Å². The van der Waals surface area contributed by atoms with Crippen molar-refractivity contribution < 1.29 is 4.74 Å². The average Bonchev–Trinajstić information content (AvgIpc) is 1.99. The minimum atomic E-state index is 0.991. The zero-order valence-corrected chi connectivity index (χ0v) is 7.27. The minimum absolute atomic E-state index is 0.991. The van der Waals surface area contributed by atoms with E-state index in [9.17, 15) is 0 Å². The number of hydrogen-bond acceptors (Lipinski definition) is 1. The summed E-state index contributed by atoms with van der Waals surface area (Å²) in [6.45, 7) is 6.16. The molecular weight excluding hydrogens is 124 g/mol. The molecule has 0 atom stereocenters. The van der Waals surface area contributed by atoms with Crippen molar-refractivity contribution in [2.75, 3.05) is 7.11 Å². The largest absolute Gasteiger partial charge is 0.497 e. The maximum atomic E-state index is 5.14. The van der Waals surface area contributed by atoms with Gasteiger partial charge < -0.3 is 4.74 Å². The zero-order chi connectivity index (χ0) is 7.98. The number of ether oxygens (including phenoxy) is 1. The summed E-state index contributed by atoms with van der Waals surface area (Å²) in [5.41, 5.74) is 1.20. The molecule has 10 heavy (non-hydrogen) atoms. The van der Waals surface area contributed by atoms with Gasteiger partial charge in [0, 0.05) is 0 Å². The molecule has 0 rings (SSSR count). The number of hydrogen-bond donors (Lipinski definition) is 0.